The Bertz CT molecular complexity index is 719. The second kappa shape index (κ2) is 4.02. The van der Waals surface area contributed by atoms with Crippen molar-refractivity contribution in [2.45, 2.75) is 13.3 Å². The maximum Gasteiger partial charge on any atom is 0.238 e. The van der Waals surface area contributed by atoms with Crippen LogP contribution in [0.1, 0.15) is 12.0 Å². The number of amides is 2. The third-order valence-electron chi connectivity index (χ3n) is 6.08. The maximum absolute atomic E-state index is 12.9. The van der Waals surface area contributed by atoms with Crippen LogP contribution in [0.3, 0.4) is 0 Å². The minimum atomic E-state index is -0.147. The van der Waals surface area contributed by atoms with E-state index in [-0.39, 0.29) is 35.5 Å². The highest BCUT2D eigenvalue weighted by molar-refractivity contribution is 6.32. The Kier molecular flexibility index (Phi) is 2.35. The molecule has 1 aliphatic heterocycles. The second-order valence-electron chi connectivity index (χ2n) is 7.10. The molecule has 112 valence electrons. The van der Waals surface area contributed by atoms with Crippen molar-refractivity contribution < 1.29 is 9.59 Å². The number of benzene rings is 1. The van der Waals surface area contributed by atoms with Crippen LogP contribution < -0.4 is 4.90 Å². The number of carbonyl (C=O) groups is 2. The largest absolute Gasteiger partial charge is 0.274 e. The number of rotatable bonds is 1. The van der Waals surface area contributed by atoms with Gasteiger partial charge in [0.05, 0.1) is 17.5 Å². The predicted octanol–water partition coefficient (Wildman–Crippen LogP) is 3.21. The monoisotopic (exact) mass is 313 g/mol. The lowest BCUT2D eigenvalue weighted by atomic mass is 9.63. The molecule has 6 atom stereocenters. The zero-order valence-electron chi connectivity index (χ0n) is 12.2. The zero-order valence-corrected chi connectivity index (χ0v) is 13.0. The molecule has 22 heavy (non-hydrogen) atoms. The summed E-state index contributed by atoms with van der Waals surface area (Å²) in [4.78, 5) is 27.2. The molecule has 1 heterocycles. The Morgan fingerprint density at radius 3 is 2.18 bits per heavy atom. The fourth-order valence-corrected chi connectivity index (χ4v) is 5.11. The molecule has 4 heteroatoms. The van der Waals surface area contributed by atoms with Gasteiger partial charge in [-0.3, -0.25) is 9.59 Å². The standard InChI is InChI=1S/C18H16ClNO2/c1-8-2-3-9(6-14(8)19)20-17(21)15-10-4-5-11(13-7-12(10)13)16(15)18(20)22/h2-6,10-13,15-16H,7H2,1H3/t10-,11+,12-,13-,15+,16+/m1/s1. The van der Waals surface area contributed by atoms with Gasteiger partial charge in [0.25, 0.3) is 0 Å². The minimum absolute atomic E-state index is 0.0281. The summed E-state index contributed by atoms with van der Waals surface area (Å²) in [5, 5.41) is 0.594. The first-order valence-corrected chi connectivity index (χ1v) is 8.28. The fourth-order valence-electron chi connectivity index (χ4n) is 4.93. The van der Waals surface area contributed by atoms with E-state index in [4.69, 9.17) is 11.6 Å². The average molecular weight is 314 g/mol. The first-order valence-electron chi connectivity index (χ1n) is 7.90. The Morgan fingerprint density at radius 2 is 1.64 bits per heavy atom. The van der Waals surface area contributed by atoms with Gasteiger partial charge in [0.1, 0.15) is 0 Å². The second-order valence-corrected chi connectivity index (χ2v) is 7.51. The van der Waals surface area contributed by atoms with Crippen LogP contribution in [0.5, 0.6) is 0 Å². The smallest absolute Gasteiger partial charge is 0.238 e. The van der Waals surface area contributed by atoms with Crippen molar-refractivity contribution in [1.82, 2.24) is 0 Å². The van der Waals surface area contributed by atoms with Gasteiger partial charge in [0.2, 0.25) is 11.8 Å². The first kappa shape index (κ1) is 12.9. The molecular weight excluding hydrogens is 298 g/mol. The van der Waals surface area contributed by atoms with Crippen LogP contribution in [0.2, 0.25) is 5.02 Å². The van der Waals surface area contributed by atoms with E-state index in [1.54, 1.807) is 6.07 Å². The molecule has 0 unspecified atom stereocenters. The number of hydrogen-bond donors (Lipinski definition) is 0. The van der Waals surface area contributed by atoms with Crippen molar-refractivity contribution in [3.63, 3.8) is 0 Å². The molecule has 0 aromatic heterocycles. The van der Waals surface area contributed by atoms with Gasteiger partial charge < -0.3 is 0 Å². The molecule has 1 aromatic carbocycles. The molecule has 2 amide bonds. The van der Waals surface area contributed by atoms with Crippen LogP contribution >= 0.6 is 11.6 Å². The summed E-state index contributed by atoms with van der Waals surface area (Å²) in [6, 6.07) is 5.43. The molecule has 5 aliphatic rings. The molecule has 1 saturated heterocycles. The van der Waals surface area contributed by atoms with Gasteiger partial charge in [-0.2, -0.15) is 0 Å². The number of hydrogen-bond acceptors (Lipinski definition) is 2. The summed E-state index contributed by atoms with van der Waals surface area (Å²) in [5.41, 5.74) is 1.57. The number of nitrogens with zero attached hydrogens (tertiary/aromatic N) is 1. The fraction of sp³-hybridized carbons (Fsp3) is 0.444. The lowest BCUT2D eigenvalue weighted by molar-refractivity contribution is -0.124. The Morgan fingerprint density at radius 1 is 1.05 bits per heavy atom. The van der Waals surface area contributed by atoms with Crippen molar-refractivity contribution >= 4 is 29.1 Å². The average Bonchev–Trinajstić information content (AvgIpc) is 3.28. The maximum atomic E-state index is 12.9. The molecule has 3 fully saturated rings. The molecule has 4 aliphatic carbocycles. The number of carbonyl (C=O) groups excluding carboxylic acids is 2. The zero-order chi connectivity index (χ0) is 15.2. The van der Waals surface area contributed by atoms with Crippen LogP contribution in [-0.2, 0) is 9.59 Å². The lowest BCUT2D eigenvalue weighted by Crippen LogP contribution is -2.40. The van der Waals surface area contributed by atoms with Crippen molar-refractivity contribution in [3.8, 4) is 0 Å². The highest BCUT2D eigenvalue weighted by Crippen LogP contribution is 2.65. The molecule has 0 spiro atoms. The minimum Gasteiger partial charge on any atom is -0.274 e. The molecule has 2 saturated carbocycles. The molecule has 0 N–H and O–H groups in total. The third-order valence-corrected chi connectivity index (χ3v) is 6.48. The summed E-state index contributed by atoms with van der Waals surface area (Å²) >= 11 is 6.18. The molecule has 2 bridgehead atoms. The Labute approximate surface area is 133 Å². The summed E-state index contributed by atoms with van der Waals surface area (Å²) in [6.07, 6.45) is 5.57. The van der Waals surface area contributed by atoms with E-state index in [0.717, 1.165) is 5.56 Å². The van der Waals surface area contributed by atoms with Crippen molar-refractivity contribution in [3.05, 3.63) is 40.9 Å². The molecule has 3 nitrogen and oxygen atoms in total. The van der Waals surface area contributed by atoms with E-state index in [9.17, 15) is 9.59 Å². The van der Waals surface area contributed by atoms with Crippen LogP contribution in [0.15, 0.2) is 30.4 Å². The number of aryl methyl sites for hydroxylation is 1. The summed E-state index contributed by atoms with van der Waals surface area (Å²) in [5.74, 6) is 1.45. The summed E-state index contributed by atoms with van der Waals surface area (Å²) in [7, 11) is 0. The van der Waals surface area contributed by atoms with Gasteiger partial charge in [-0.05, 0) is 54.7 Å². The molecule has 0 radical (unpaired) electrons. The van der Waals surface area contributed by atoms with Crippen LogP contribution in [0, 0.1) is 42.4 Å². The van der Waals surface area contributed by atoms with Gasteiger partial charge in [-0.25, -0.2) is 4.90 Å². The number of anilines is 1. The van der Waals surface area contributed by atoms with Crippen LogP contribution in [-0.4, -0.2) is 11.8 Å². The Balaban J connectivity index is 1.58. The van der Waals surface area contributed by atoms with E-state index in [0.29, 0.717) is 22.5 Å². The number of imide groups is 1. The van der Waals surface area contributed by atoms with Gasteiger partial charge in [-0.15, -0.1) is 0 Å². The van der Waals surface area contributed by atoms with Crippen LogP contribution in [0.4, 0.5) is 5.69 Å². The molecular formula is C18H16ClNO2. The third kappa shape index (κ3) is 1.43. The van der Waals surface area contributed by atoms with E-state index < -0.39 is 0 Å². The summed E-state index contributed by atoms with van der Waals surface area (Å²) < 4.78 is 0. The Hall–Kier alpha value is -1.61. The molecule has 6 rings (SSSR count). The normalized spacial score (nSPS) is 40.9. The van der Waals surface area contributed by atoms with Crippen LogP contribution in [0.25, 0.3) is 0 Å². The van der Waals surface area contributed by atoms with E-state index in [1.165, 1.54) is 11.3 Å². The predicted molar refractivity (Wildman–Crippen MR) is 83.4 cm³/mol. The van der Waals surface area contributed by atoms with Gasteiger partial charge in [-0.1, -0.05) is 29.8 Å². The topological polar surface area (TPSA) is 37.4 Å². The quantitative estimate of drug-likeness (QED) is 0.590. The van der Waals surface area contributed by atoms with Gasteiger partial charge in [0.15, 0.2) is 0 Å². The number of allylic oxidation sites excluding steroid dienone is 2. The van der Waals surface area contributed by atoms with E-state index in [2.05, 4.69) is 12.2 Å². The number of halogens is 1. The lowest BCUT2D eigenvalue weighted by Gasteiger charge is -2.37. The van der Waals surface area contributed by atoms with Crippen molar-refractivity contribution in [1.29, 1.82) is 0 Å². The molecule has 1 aromatic rings. The highest BCUT2D eigenvalue weighted by Gasteiger charge is 2.67. The first-order chi connectivity index (χ1) is 10.6. The summed E-state index contributed by atoms with van der Waals surface area (Å²) in [6.45, 7) is 1.91. The van der Waals surface area contributed by atoms with E-state index in [1.807, 2.05) is 19.1 Å². The van der Waals surface area contributed by atoms with Crippen molar-refractivity contribution in [2.75, 3.05) is 4.90 Å². The van der Waals surface area contributed by atoms with Crippen molar-refractivity contribution in [2.24, 2.45) is 35.5 Å². The van der Waals surface area contributed by atoms with Gasteiger partial charge in [0, 0.05) is 5.02 Å². The SMILES string of the molecule is Cc1ccc(N2C(=O)[C@H]3[C@@H]4C=C[C@@H]([C@H]5C[C@H]45)[C@@H]3C2=O)cc1Cl. The van der Waals surface area contributed by atoms with E-state index >= 15 is 0 Å². The highest BCUT2D eigenvalue weighted by atomic mass is 35.5. The van der Waals surface area contributed by atoms with Gasteiger partial charge >= 0.3 is 0 Å².